The summed E-state index contributed by atoms with van der Waals surface area (Å²) in [6.45, 7) is 2.16. The lowest BCUT2D eigenvalue weighted by Crippen LogP contribution is -2.51. The van der Waals surface area contributed by atoms with Gasteiger partial charge >= 0.3 is 0 Å². The molecule has 0 saturated carbocycles. The largest absolute Gasteiger partial charge is 0.457 e. The Morgan fingerprint density at radius 1 is 0.972 bits per heavy atom. The minimum Gasteiger partial charge on any atom is -0.457 e. The lowest BCUT2D eigenvalue weighted by atomic mass is 10.2. The van der Waals surface area contributed by atoms with Gasteiger partial charge < -0.3 is 14.2 Å². The number of amides is 3. The molecule has 0 atom stereocenters. The van der Waals surface area contributed by atoms with Crippen molar-refractivity contribution in [2.45, 2.75) is 0 Å². The third kappa shape index (κ3) is 5.16. The summed E-state index contributed by atoms with van der Waals surface area (Å²) in [4.78, 5) is 43.4. The molecule has 3 amide bonds. The Hall–Kier alpha value is -3.20. The van der Waals surface area contributed by atoms with E-state index >= 15 is 0 Å². The second kappa shape index (κ2) is 10.4. The van der Waals surface area contributed by atoms with Crippen molar-refractivity contribution in [1.29, 1.82) is 0 Å². The number of para-hydroxylation sites is 1. The van der Waals surface area contributed by atoms with E-state index in [2.05, 4.69) is 4.90 Å². The Morgan fingerprint density at radius 3 is 2.44 bits per heavy atom. The van der Waals surface area contributed by atoms with Crippen molar-refractivity contribution in [3.63, 3.8) is 0 Å². The normalized spacial score (nSPS) is 17.4. The van der Waals surface area contributed by atoms with Gasteiger partial charge in [0.2, 0.25) is 5.91 Å². The molecule has 184 valence electrons. The van der Waals surface area contributed by atoms with Crippen LogP contribution in [0, 0.1) is 0 Å². The Morgan fingerprint density at radius 2 is 1.72 bits per heavy atom. The van der Waals surface area contributed by atoms with Gasteiger partial charge in [-0.15, -0.1) is 0 Å². The maximum absolute atomic E-state index is 12.9. The molecule has 0 spiro atoms. The van der Waals surface area contributed by atoms with Gasteiger partial charge in [-0.2, -0.15) is 0 Å². The zero-order chi connectivity index (χ0) is 25.2. The van der Waals surface area contributed by atoms with Gasteiger partial charge in [0.25, 0.3) is 11.1 Å². The second-order valence-electron chi connectivity index (χ2n) is 8.30. The summed E-state index contributed by atoms with van der Waals surface area (Å²) >= 11 is 13.0. The zero-order valence-electron chi connectivity index (χ0n) is 19.0. The SMILES string of the molecule is O=C(CN1C(=O)S/C(=C/c2ccc(-c3ccc(Cl)cc3Cl)o2)C1=O)N1CCN(c2ccccc2)CC1. The van der Waals surface area contributed by atoms with E-state index in [4.69, 9.17) is 27.6 Å². The monoisotopic (exact) mass is 541 g/mol. The van der Waals surface area contributed by atoms with Crippen LogP contribution in [0.3, 0.4) is 0 Å². The Balaban J connectivity index is 1.22. The molecule has 3 aromatic rings. The molecule has 2 fully saturated rings. The first-order valence-corrected chi connectivity index (χ1v) is 12.8. The van der Waals surface area contributed by atoms with Crippen LogP contribution in [-0.4, -0.2) is 59.6 Å². The van der Waals surface area contributed by atoms with E-state index in [0.29, 0.717) is 53.3 Å². The summed E-state index contributed by atoms with van der Waals surface area (Å²) in [7, 11) is 0. The highest BCUT2D eigenvalue weighted by molar-refractivity contribution is 8.18. The van der Waals surface area contributed by atoms with Gasteiger partial charge in [0, 0.05) is 48.5 Å². The van der Waals surface area contributed by atoms with Crippen LogP contribution >= 0.6 is 35.0 Å². The molecule has 5 rings (SSSR count). The van der Waals surface area contributed by atoms with Crippen LogP contribution in [0.1, 0.15) is 5.76 Å². The lowest BCUT2D eigenvalue weighted by Gasteiger charge is -2.36. The molecular formula is C26H21Cl2N3O4S. The number of furan rings is 1. The molecule has 10 heteroatoms. The third-order valence-electron chi connectivity index (χ3n) is 6.02. The summed E-state index contributed by atoms with van der Waals surface area (Å²) in [6, 6.07) is 18.5. The average molecular weight is 542 g/mol. The zero-order valence-corrected chi connectivity index (χ0v) is 21.4. The molecule has 2 aliphatic rings. The van der Waals surface area contributed by atoms with E-state index in [1.54, 1.807) is 35.2 Å². The van der Waals surface area contributed by atoms with Crippen molar-refractivity contribution in [3.05, 3.63) is 81.4 Å². The molecule has 0 unspecified atom stereocenters. The average Bonchev–Trinajstić information content (AvgIpc) is 3.44. The quantitative estimate of drug-likeness (QED) is 0.389. The van der Waals surface area contributed by atoms with Crippen molar-refractivity contribution in [2.75, 3.05) is 37.6 Å². The molecule has 1 aromatic heterocycles. The fraction of sp³-hybridized carbons (Fsp3) is 0.192. The molecule has 36 heavy (non-hydrogen) atoms. The molecule has 0 bridgehead atoms. The number of nitrogens with zero attached hydrogens (tertiary/aromatic N) is 3. The predicted molar refractivity (Wildman–Crippen MR) is 142 cm³/mol. The fourth-order valence-corrected chi connectivity index (χ4v) is 5.44. The van der Waals surface area contributed by atoms with Crippen molar-refractivity contribution in [3.8, 4) is 11.3 Å². The number of carbonyl (C=O) groups excluding carboxylic acids is 3. The highest BCUT2D eigenvalue weighted by Gasteiger charge is 2.37. The van der Waals surface area contributed by atoms with Crippen LogP contribution in [0.2, 0.25) is 10.0 Å². The fourth-order valence-electron chi connectivity index (χ4n) is 4.12. The summed E-state index contributed by atoms with van der Waals surface area (Å²) in [5, 5.41) is 0.471. The molecule has 0 N–H and O–H groups in total. The van der Waals surface area contributed by atoms with Gasteiger partial charge in [-0.05, 0) is 54.2 Å². The molecule has 7 nitrogen and oxygen atoms in total. The van der Waals surface area contributed by atoms with Crippen molar-refractivity contribution in [1.82, 2.24) is 9.80 Å². The first kappa shape index (κ1) is 24.5. The number of hydrogen-bond acceptors (Lipinski definition) is 6. The van der Waals surface area contributed by atoms with E-state index in [-0.39, 0.29) is 17.4 Å². The van der Waals surface area contributed by atoms with Crippen LogP contribution in [-0.2, 0) is 9.59 Å². The number of benzene rings is 2. The Kier molecular flexibility index (Phi) is 7.09. The summed E-state index contributed by atoms with van der Waals surface area (Å²) < 4.78 is 5.81. The lowest BCUT2D eigenvalue weighted by molar-refractivity contribution is -0.136. The van der Waals surface area contributed by atoms with Crippen molar-refractivity contribution < 1.29 is 18.8 Å². The van der Waals surface area contributed by atoms with Crippen LogP contribution in [0.25, 0.3) is 17.4 Å². The number of halogens is 2. The van der Waals surface area contributed by atoms with Crippen LogP contribution in [0.15, 0.2) is 70.0 Å². The highest BCUT2D eigenvalue weighted by Crippen LogP contribution is 2.35. The van der Waals surface area contributed by atoms with Gasteiger partial charge in [0.1, 0.15) is 18.1 Å². The molecule has 2 aromatic carbocycles. The topological polar surface area (TPSA) is 74.1 Å². The Labute approximate surface area is 222 Å². The van der Waals surface area contributed by atoms with E-state index in [1.165, 1.54) is 6.08 Å². The minimum absolute atomic E-state index is 0.199. The molecule has 0 radical (unpaired) electrons. The number of rotatable bonds is 5. The summed E-state index contributed by atoms with van der Waals surface area (Å²) in [6.07, 6.45) is 1.50. The Bertz CT molecular complexity index is 1350. The van der Waals surface area contributed by atoms with Gasteiger partial charge in [0.15, 0.2) is 0 Å². The second-order valence-corrected chi connectivity index (χ2v) is 10.1. The maximum Gasteiger partial charge on any atom is 0.294 e. The summed E-state index contributed by atoms with van der Waals surface area (Å²) in [5.41, 5.74) is 1.77. The number of anilines is 1. The molecule has 3 heterocycles. The van der Waals surface area contributed by atoms with E-state index in [0.717, 1.165) is 22.3 Å². The van der Waals surface area contributed by atoms with Crippen molar-refractivity contribution in [2.24, 2.45) is 0 Å². The van der Waals surface area contributed by atoms with Gasteiger partial charge in [-0.1, -0.05) is 41.4 Å². The molecule has 2 saturated heterocycles. The highest BCUT2D eigenvalue weighted by atomic mass is 35.5. The molecule has 2 aliphatic heterocycles. The first-order chi connectivity index (χ1) is 17.4. The number of thioether (sulfide) groups is 1. The van der Waals surface area contributed by atoms with Crippen LogP contribution < -0.4 is 4.90 Å². The number of imide groups is 1. The van der Waals surface area contributed by atoms with E-state index in [9.17, 15) is 14.4 Å². The molecule has 0 aliphatic carbocycles. The van der Waals surface area contributed by atoms with Crippen molar-refractivity contribution >= 4 is 63.8 Å². The van der Waals surface area contributed by atoms with E-state index in [1.807, 2.05) is 30.3 Å². The minimum atomic E-state index is -0.510. The van der Waals surface area contributed by atoms with Gasteiger partial charge in [-0.3, -0.25) is 19.3 Å². The standard InChI is InChI=1S/C26H21Cl2N3O4S/c27-17-6-8-20(21(28)14-17)22-9-7-19(35-22)15-23-25(33)31(26(34)36-23)16-24(32)30-12-10-29(11-13-30)18-4-2-1-3-5-18/h1-9,14-15H,10-13,16H2/b23-15+. The van der Waals surface area contributed by atoms with Crippen LogP contribution in [0.4, 0.5) is 10.5 Å². The smallest absolute Gasteiger partial charge is 0.294 e. The van der Waals surface area contributed by atoms with E-state index < -0.39 is 11.1 Å². The first-order valence-electron chi connectivity index (χ1n) is 11.3. The summed E-state index contributed by atoms with van der Waals surface area (Å²) in [5.74, 6) is 0.143. The molecular weight excluding hydrogens is 521 g/mol. The number of carbonyl (C=O) groups is 3. The maximum atomic E-state index is 12.9. The van der Waals surface area contributed by atoms with Gasteiger partial charge in [-0.25, -0.2) is 0 Å². The van der Waals surface area contributed by atoms with Crippen LogP contribution in [0.5, 0.6) is 0 Å². The number of hydrogen-bond donors (Lipinski definition) is 0. The number of piperazine rings is 1. The predicted octanol–water partition coefficient (Wildman–Crippen LogP) is 5.64. The van der Waals surface area contributed by atoms with Gasteiger partial charge in [0.05, 0.1) is 9.93 Å². The third-order valence-corrected chi connectivity index (χ3v) is 7.47.